The summed E-state index contributed by atoms with van der Waals surface area (Å²) in [6.45, 7) is 0. The smallest absolute Gasteiger partial charge is 0.246 e. The standard InChI is InChI=1S/C48H36N10/c1-4-10-34(11-5-1)16-19-37-22-28-40(29-23-37)49-43-52-46-54-44(50-41-30-24-38(25-31-41)20-17-35-12-6-2-7-13-35)56-48-57-45(55-47(53-43)58(46)48)51-42-32-26-39(27-33-42)21-18-36-14-8-3-9-15-36/h1-33H,(H3,49,50,51,52,53,54,55,56,57). The number of guanidine groups is 6. The predicted molar refractivity (Wildman–Crippen MR) is 243 cm³/mol. The highest BCUT2D eigenvalue weighted by molar-refractivity contribution is 6.32. The Morgan fingerprint density at radius 3 is 0.776 bits per heavy atom. The fourth-order valence-electron chi connectivity index (χ4n) is 6.14. The number of rotatable bonds is 9. The molecule has 10 heteroatoms. The van der Waals surface area contributed by atoms with Crippen molar-refractivity contribution in [3.63, 3.8) is 0 Å². The van der Waals surface area contributed by atoms with Gasteiger partial charge in [-0.05, 0) is 69.8 Å². The second-order valence-corrected chi connectivity index (χ2v) is 13.4. The molecule has 6 aromatic carbocycles. The summed E-state index contributed by atoms with van der Waals surface area (Å²) < 4.78 is 0. The lowest BCUT2D eigenvalue weighted by Crippen LogP contribution is -2.49. The Bertz CT molecular complexity index is 2390. The SMILES string of the molecule is C(=Cc1ccc(NC2=NC3=NC(Nc4ccc(C=Cc5ccccc5)cc4)=NC4=NC(Nc5ccc(C=Cc6ccccc6)cc5)=NC(=N2)N34)cc1)c1ccccc1. The molecule has 0 saturated heterocycles. The van der Waals surface area contributed by atoms with Crippen molar-refractivity contribution in [3.8, 4) is 0 Å². The average molecular weight is 753 g/mol. The Balaban J connectivity index is 0.966. The molecule has 0 bridgehead atoms. The van der Waals surface area contributed by atoms with Crippen LogP contribution in [0.2, 0.25) is 0 Å². The van der Waals surface area contributed by atoms with Gasteiger partial charge in [0, 0.05) is 17.1 Å². The zero-order valence-electron chi connectivity index (χ0n) is 31.2. The van der Waals surface area contributed by atoms with Gasteiger partial charge < -0.3 is 16.0 Å². The van der Waals surface area contributed by atoms with Crippen molar-refractivity contribution in [2.24, 2.45) is 30.0 Å². The van der Waals surface area contributed by atoms with Crippen LogP contribution in [0.1, 0.15) is 33.4 Å². The van der Waals surface area contributed by atoms with E-state index < -0.39 is 0 Å². The second-order valence-electron chi connectivity index (χ2n) is 13.4. The first-order chi connectivity index (χ1) is 28.6. The Morgan fingerprint density at radius 2 is 0.517 bits per heavy atom. The molecule has 9 rings (SSSR count). The zero-order chi connectivity index (χ0) is 38.9. The van der Waals surface area contributed by atoms with E-state index >= 15 is 0 Å². The summed E-state index contributed by atoms with van der Waals surface area (Å²) in [5.74, 6) is 1.95. The molecule has 3 aliphatic rings. The van der Waals surface area contributed by atoms with Crippen LogP contribution in [-0.4, -0.2) is 40.7 Å². The van der Waals surface area contributed by atoms with Gasteiger partial charge >= 0.3 is 0 Å². The molecule has 3 aliphatic heterocycles. The molecule has 10 nitrogen and oxygen atoms in total. The lowest BCUT2D eigenvalue weighted by atomic mass is 10.1. The summed E-state index contributed by atoms with van der Waals surface area (Å²) in [5.41, 5.74) is 9.04. The fourth-order valence-corrected chi connectivity index (χ4v) is 6.14. The van der Waals surface area contributed by atoms with Gasteiger partial charge in [0.1, 0.15) is 0 Å². The number of nitrogens with zero attached hydrogens (tertiary/aromatic N) is 7. The Hall–Kier alpha value is -8.24. The maximum Gasteiger partial charge on any atom is 0.246 e. The first kappa shape index (κ1) is 35.5. The van der Waals surface area contributed by atoms with E-state index in [9.17, 15) is 0 Å². The van der Waals surface area contributed by atoms with Gasteiger partial charge in [0.2, 0.25) is 35.8 Å². The van der Waals surface area contributed by atoms with Gasteiger partial charge in [-0.2, -0.15) is 30.0 Å². The number of hydrogen-bond donors (Lipinski definition) is 3. The van der Waals surface area contributed by atoms with Gasteiger partial charge in [-0.1, -0.05) is 164 Å². The molecule has 0 radical (unpaired) electrons. The van der Waals surface area contributed by atoms with Gasteiger partial charge in [0.05, 0.1) is 0 Å². The van der Waals surface area contributed by atoms with E-state index in [1.54, 1.807) is 4.90 Å². The Labute approximate surface area is 336 Å². The van der Waals surface area contributed by atoms with E-state index in [4.69, 9.17) is 30.0 Å². The minimum atomic E-state index is 0.325. The average Bonchev–Trinajstić information content (AvgIpc) is 3.26. The molecule has 0 saturated carbocycles. The van der Waals surface area contributed by atoms with Crippen LogP contribution in [-0.2, 0) is 0 Å². The quantitative estimate of drug-likeness (QED) is 0.128. The summed E-state index contributed by atoms with van der Waals surface area (Å²) in [5, 5.41) is 10.0. The minimum Gasteiger partial charge on any atom is -0.324 e. The molecule has 0 spiro atoms. The lowest BCUT2D eigenvalue weighted by Gasteiger charge is -2.30. The van der Waals surface area contributed by atoms with E-state index in [1.165, 1.54) is 0 Å². The molecule has 278 valence electrons. The minimum absolute atomic E-state index is 0.325. The van der Waals surface area contributed by atoms with Crippen molar-refractivity contribution in [1.82, 2.24) is 4.90 Å². The molecule has 3 heterocycles. The summed E-state index contributed by atoms with van der Waals surface area (Å²) >= 11 is 0. The van der Waals surface area contributed by atoms with Gasteiger partial charge in [-0.25, -0.2) is 4.90 Å². The topological polar surface area (TPSA) is 113 Å². The molecule has 0 fully saturated rings. The highest BCUT2D eigenvalue weighted by atomic mass is 15.5. The molecule has 0 atom stereocenters. The Kier molecular flexibility index (Phi) is 10.2. The normalized spacial score (nSPS) is 14.6. The highest BCUT2D eigenvalue weighted by Crippen LogP contribution is 2.22. The van der Waals surface area contributed by atoms with Crippen LogP contribution in [0.5, 0.6) is 0 Å². The van der Waals surface area contributed by atoms with Crippen molar-refractivity contribution in [1.29, 1.82) is 0 Å². The van der Waals surface area contributed by atoms with Crippen molar-refractivity contribution < 1.29 is 0 Å². The number of nitrogens with one attached hydrogen (secondary N) is 3. The number of anilines is 3. The largest absolute Gasteiger partial charge is 0.324 e. The number of hydrogen-bond acceptors (Lipinski definition) is 10. The van der Waals surface area contributed by atoms with E-state index in [1.807, 2.05) is 127 Å². The zero-order valence-corrected chi connectivity index (χ0v) is 31.2. The molecule has 0 aromatic heterocycles. The summed E-state index contributed by atoms with van der Waals surface area (Å²) in [4.78, 5) is 30.3. The predicted octanol–water partition coefficient (Wildman–Crippen LogP) is 10.3. The van der Waals surface area contributed by atoms with Crippen LogP contribution < -0.4 is 16.0 Å². The summed E-state index contributed by atoms with van der Waals surface area (Å²) in [7, 11) is 0. The van der Waals surface area contributed by atoms with Crippen LogP contribution in [0.15, 0.2) is 194 Å². The van der Waals surface area contributed by atoms with Crippen molar-refractivity contribution in [2.45, 2.75) is 0 Å². The molecule has 3 N–H and O–H groups in total. The molecule has 0 amide bonds. The van der Waals surface area contributed by atoms with Crippen LogP contribution in [0.3, 0.4) is 0 Å². The molecule has 58 heavy (non-hydrogen) atoms. The van der Waals surface area contributed by atoms with Crippen LogP contribution in [0.25, 0.3) is 36.5 Å². The summed E-state index contributed by atoms with van der Waals surface area (Å²) in [6, 6.07) is 54.7. The molecule has 0 unspecified atom stereocenters. The third kappa shape index (κ3) is 8.83. The number of aliphatic imine (C=N–C) groups is 6. The van der Waals surface area contributed by atoms with Crippen LogP contribution >= 0.6 is 0 Å². The first-order valence-corrected chi connectivity index (χ1v) is 18.8. The van der Waals surface area contributed by atoms with Gasteiger partial charge in [-0.15, -0.1) is 0 Å². The van der Waals surface area contributed by atoms with E-state index in [0.717, 1.165) is 50.4 Å². The highest BCUT2D eigenvalue weighted by Gasteiger charge is 2.35. The molecular weight excluding hydrogens is 717 g/mol. The Morgan fingerprint density at radius 1 is 0.276 bits per heavy atom. The molecule has 0 aliphatic carbocycles. The molecule has 6 aromatic rings. The van der Waals surface area contributed by atoms with Crippen molar-refractivity contribution >= 4 is 89.3 Å². The van der Waals surface area contributed by atoms with E-state index in [-0.39, 0.29) is 0 Å². The van der Waals surface area contributed by atoms with Crippen molar-refractivity contribution in [2.75, 3.05) is 16.0 Å². The van der Waals surface area contributed by atoms with Crippen molar-refractivity contribution in [3.05, 3.63) is 197 Å². The van der Waals surface area contributed by atoms with E-state index in [2.05, 4.69) is 88.8 Å². The number of benzene rings is 6. The summed E-state index contributed by atoms with van der Waals surface area (Å²) in [6.07, 6.45) is 12.5. The third-order valence-corrected chi connectivity index (χ3v) is 9.14. The fraction of sp³-hybridized carbons (Fsp3) is 0. The monoisotopic (exact) mass is 752 g/mol. The maximum atomic E-state index is 4.77. The molecular formula is C48H36N10. The van der Waals surface area contributed by atoms with Gasteiger partial charge in [0.15, 0.2) is 0 Å². The van der Waals surface area contributed by atoms with Crippen LogP contribution in [0, 0.1) is 0 Å². The third-order valence-electron chi connectivity index (χ3n) is 9.14. The second kappa shape index (κ2) is 16.6. The maximum absolute atomic E-state index is 4.77. The van der Waals surface area contributed by atoms with Crippen LogP contribution in [0.4, 0.5) is 17.1 Å². The van der Waals surface area contributed by atoms with E-state index in [0.29, 0.717) is 35.8 Å². The first-order valence-electron chi connectivity index (χ1n) is 18.8. The lowest BCUT2D eigenvalue weighted by molar-refractivity contribution is 0.826. The van der Waals surface area contributed by atoms with Gasteiger partial charge in [0.25, 0.3) is 0 Å². The van der Waals surface area contributed by atoms with Gasteiger partial charge in [-0.3, -0.25) is 0 Å².